The van der Waals surface area contributed by atoms with Crippen LogP contribution in [0.5, 0.6) is 0 Å². The second-order valence-electron chi connectivity index (χ2n) is 6.40. The molecule has 2 heterocycles. The largest absolute Gasteiger partial charge is 0.354 e. The van der Waals surface area contributed by atoms with Gasteiger partial charge in [0.05, 0.1) is 13.1 Å². The van der Waals surface area contributed by atoms with Crippen LogP contribution in [0.25, 0.3) is 22.8 Å². The second-order valence-corrected chi connectivity index (χ2v) is 6.40. The third kappa shape index (κ3) is 2.67. The number of aromatic nitrogens is 3. The van der Waals surface area contributed by atoms with Crippen LogP contribution in [-0.4, -0.2) is 4.57 Å². The molecule has 0 N–H and O–H groups in total. The fourth-order valence-corrected chi connectivity index (χ4v) is 3.16. The molecule has 2 aromatic heterocycles. The van der Waals surface area contributed by atoms with E-state index in [2.05, 4.69) is 103 Å². The summed E-state index contributed by atoms with van der Waals surface area (Å²) in [4.78, 5) is 0. The molecule has 0 aliphatic heterocycles. The first-order valence-electron chi connectivity index (χ1n) is 8.12. The Hall–Kier alpha value is -2.42. The minimum Gasteiger partial charge on any atom is -0.227 e. The summed E-state index contributed by atoms with van der Waals surface area (Å²) in [7, 11) is 4.25. The van der Waals surface area contributed by atoms with Gasteiger partial charge >= 0.3 is 5.82 Å². The maximum atomic E-state index is 2.32. The molecule has 3 aromatic rings. The average Bonchev–Trinajstić information content (AvgIpc) is 2.90. The fraction of sp³-hybridized carbons (Fsp3) is 0.300. The van der Waals surface area contributed by atoms with Crippen molar-refractivity contribution in [2.45, 2.75) is 26.8 Å². The number of benzene rings is 1. The monoisotopic (exact) mass is 307 g/mol. The summed E-state index contributed by atoms with van der Waals surface area (Å²) in [6, 6.07) is 15.5. The molecule has 1 aromatic carbocycles. The van der Waals surface area contributed by atoms with E-state index in [-0.39, 0.29) is 0 Å². The molecule has 0 saturated carbocycles. The van der Waals surface area contributed by atoms with Crippen molar-refractivity contribution in [3.8, 4) is 22.8 Å². The van der Waals surface area contributed by atoms with E-state index in [1.165, 1.54) is 28.3 Å². The van der Waals surface area contributed by atoms with Crippen molar-refractivity contribution in [3.05, 3.63) is 60.4 Å². The predicted molar refractivity (Wildman–Crippen MR) is 92.8 cm³/mol. The highest BCUT2D eigenvalue weighted by Gasteiger charge is 2.28. The average molecular weight is 307 g/mol. The maximum absolute atomic E-state index is 2.32. The van der Waals surface area contributed by atoms with Crippen LogP contribution in [0.2, 0.25) is 0 Å². The molecule has 0 aliphatic rings. The zero-order valence-corrected chi connectivity index (χ0v) is 14.6. The lowest BCUT2D eigenvalue weighted by molar-refractivity contribution is -0.685. The summed E-state index contributed by atoms with van der Waals surface area (Å²) in [5.74, 6) is 1.22. The third-order valence-corrected chi connectivity index (χ3v) is 4.47. The SMILES string of the molecule is Cc1ccccc1-c1cccc(-c2n(C(C)C)cc[n+]2C)[n+]1C. The first-order chi connectivity index (χ1) is 11.0. The molecule has 118 valence electrons. The first kappa shape index (κ1) is 15.5. The number of imidazole rings is 1. The van der Waals surface area contributed by atoms with Crippen LogP contribution in [0.3, 0.4) is 0 Å². The number of aryl methyl sites for hydroxylation is 2. The molecule has 0 aliphatic carbocycles. The van der Waals surface area contributed by atoms with Crippen molar-refractivity contribution < 1.29 is 9.13 Å². The van der Waals surface area contributed by atoms with Gasteiger partial charge in [-0.3, -0.25) is 0 Å². The van der Waals surface area contributed by atoms with Crippen molar-refractivity contribution in [3.63, 3.8) is 0 Å². The molecule has 3 rings (SSSR count). The smallest absolute Gasteiger partial charge is 0.227 e. The van der Waals surface area contributed by atoms with Crippen molar-refractivity contribution in [2.75, 3.05) is 0 Å². The zero-order valence-electron chi connectivity index (χ0n) is 14.6. The lowest BCUT2D eigenvalue weighted by atomic mass is 10.0. The van der Waals surface area contributed by atoms with E-state index in [9.17, 15) is 0 Å². The van der Waals surface area contributed by atoms with Crippen molar-refractivity contribution in [2.24, 2.45) is 14.1 Å². The Morgan fingerprint density at radius 1 is 0.913 bits per heavy atom. The number of rotatable bonds is 3. The van der Waals surface area contributed by atoms with Gasteiger partial charge in [0.1, 0.15) is 19.4 Å². The Bertz CT molecular complexity index is 844. The Morgan fingerprint density at radius 3 is 2.30 bits per heavy atom. The highest BCUT2D eigenvalue weighted by Crippen LogP contribution is 2.23. The molecule has 0 atom stereocenters. The Kier molecular flexibility index (Phi) is 4.03. The van der Waals surface area contributed by atoms with Crippen LogP contribution in [0.1, 0.15) is 25.5 Å². The van der Waals surface area contributed by atoms with E-state index in [1.807, 2.05) is 0 Å². The molecule has 0 unspecified atom stereocenters. The molecule has 3 heteroatoms. The van der Waals surface area contributed by atoms with E-state index in [0.29, 0.717) is 6.04 Å². The quantitative estimate of drug-likeness (QED) is 0.658. The van der Waals surface area contributed by atoms with Crippen LogP contribution in [0, 0.1) is 6.92 Å². The topological polar surface area (TPSA) is 12.7 Å². The zero-order chi connectivity index (χ0) is 16.6. The van der Waals surface area contributed by atoms with Crippen LogP contribution in [0.15, 0.2) is 54.9 Å². The van der Waals surface area contributed by atoms with Crippen molar-refractivity contribution in [1.82, 2.24) is 4.57 Å². The highest BCUT2D eigenvalue weighted by atomic mass is 15.2. The normalized spacial score (nSPS) is 11.2. The molecule has 23 heavy (non-hydrogen) atoms. The number of hydrogen-bond donors (Lipinski definition) is 0. The summed E-state index contributed by atoms with van der Waals surface area (Å²) < 4.78 is 6.80. The third-order valence-electron chi connectivity index (χ3n) is 4.47. The molecule has 0 radical (unpaired) electrons. The minimum atomic E-state index is 0.424. The van der Waals surface area contributed by atoms with Gasteiger partial charge in [0.25, 0.3) is 5.69 Å². The molecule has 0 amide bonds. The van der Waals surface area contributed by atoms with Crippen LogP contribution in [0.4, 0.5) is 0 Å². The van der Waals surface area contributed by atoms with Gasteiger partial charge in [-0.2, -0.15) is 4.57 Å². The number of hydrogen-bond acceptors (Lipinski definition) is 0. The molecule has 0 fully saturated rings. The molecule has 3 nitrogen and oxygen atoms in total. The highest BCUT2D eigenvalue weighted by molar-refractivity contribution is 5.61. The van der Waals surface area contributed by atoms with Gasteiger partial charge in [-0.05, 0) is 38.5 Å². The summed E-state index contributed by atoms with van der Waals surface area (Å²) in [5.41, 5.74) is 5.02. The summed E-state index contributed by atoms with van der Waals surface area (Å²) >= 11 is 0. The van der Waals surface area contributed by atoms with Crippen molar-refractivity contribution in [1.29, 1.82) is 0 Å². The Labute approximate surface area is 138 Å². The van der Waals surface area contributed by atoms with E-state index in [4.69, 9.17) is 0 Å². The van der Waals surface area contributed by atoms with E-state index in [0.717, 1.165) is 0 Å². The van der Waals surface area contributed by atoms with Gasteiger partial charge in [-0.15, -0.1) is 0 Å². The van der Waals surface area contributed by atoms with E-state index >= 15 is 0 Å². The Morgan fingerprint density at radius 2 is 1.61 bits per heavy atom. The predicted octanol–water partition coefficient (Wildman–Crippen LogP) is 3.36. The fourth-order valence-electron chi connectivity index (χ4n) is 3.16. The minimum absolute atomic E-state index is 0.424. The van der Waals surface area contributed by atoms with Crippen LogP contribution in [-0.2, 0) is 14.1 Å². The van der Waals surface area contributed by atoms with E-state index < -0.39 is 0 Å². The lowest BCUT2D eigenvalue weighted by Crippen LogP contribution is -2.40. The van der Waals surface area contributed by atoms with Gasteiger partial charge in [0.15, 0.2) is 0 Å². The number of nitrogens with zero attached hydrogens (tertiary/aromatic N) is 3. The summed E-state index contributed by atoms with van der Waals surface area (Å²) in [6.07, 6.45) is 4.27. The number of pyridine rings is 1. The lowest BCUT2D eigenvalue weighted by Gasteiger charge is -2.08. The molecular formula is C20H25N3+2. The molecule has 0 saturated heterocycles. The standard InChI is InChI=1S/C20H25N3/c1-15(2)23-14-13-21(4)20(23)19-12-8-11-18(22(19)5)17-10-7-6-9-16(17)3/h6-15H,1-5H3/q+2. The van der Waals surface area contributed by atoms with Crippen molar-refractivity contribution >= 4 is 0 Å². The van der Waals surface area contributed by atoms with E-state index in [1.54, 1.807) is 0 Å². The molecule has 0 bridgehead atoms. The molecular weight excluding hydrogens is 282 g/mol. The molecule has 0 spiro atoms. The second kappa shape index (κ2) is 5.99. The van der Waals surface area contributed by atoms with Crippen LogP contribution < -0.4 is 9.13 Å². The van der Waals surface area contributed by atoms with Gasteiger partial charge in [-0.25, -0.2) is 9.13 Å². The van der Waals surface area contributed by atoms with Crippen LogP contribution >= 0.6 is 0 Å². The van der Waals surface area contributed by atoms with Gasteiger partial charge in [0, 0.05) is 17.7 Å². The summed E-state index contributed by atoms with van der Waals surface area (Å²) in [6.45, 7) is 6.60. The summed E-state index contributed by atoms with van der Waals surface area (Å²) in [5, 5.41) is 0. The maximum Gasteiger partial charge on any atom is 0.354 e. The van der Waals surface area contributed by atoms with Gasteiger partial charge in [-0.1, -0.05) is 18.2 Å². The van der Waals surface area contributed by atoms with Gasteiger partial charge < -0.3 is 0 Å². The van der Waals surface area contributed by atoms with Gasteiger partial charge in [0.2, 0.25) is 5.69 Å². The Balaban J connectivity index is 2.23. The first-order valence-corrected chi connectivity index (χ1v) is 8.12.